The van der Waals surface area contributed by atoms with Crippen molar-refractivity contribution in [2.24, 2.45) is 35.0 Å². The van der Waals surface area contributed by atoms with E-state index in [2.05, 4.69) is 19.9 Å². The maximum absolute atomic E-state index is 10.1. The highest BCUT2D eigenvalue weighted by Crippen LogP contribution is 2.56. The monoisotopic (exact) mass is 357 g/mol. The van der Waals surface area contributed by atoms with Crippen LogP contribution in [-0.4, -0.2) is 0 Å². The molecular formula is C25H43N. The van der Waals surface area contributed by atoms with Crippen LogP contribution < -0.4 is 0 Å². The van der Waals surface area contributed by atoms with Gasteiger partial charge in [0.1, 0.15) is 0 Å². The topological polar surface area (TPSA) is 23.8 Å². The number of fused-ring (bicyclic) bond motifs is 1. The highest BCUT2D eigenvalue weighted by atomic mass is 14.5. The molecule has 1 heteroatoms. The molecule has 1 unspecified atom stereocenters. The quantitative estimate of drug-likeness (QED) is 0.425. The summed E-state index contributed by atoms with van der Waals surface area (Å²) in [4.78, 5) is 0. The van der Waals surface area contributed by atoms with Gasteiger partial charge < -0.3 is 0 Å². The standard InChI is InChI=1S/C25H43N/c1-3-5-6-8-21-11-14-24-17-23(15-16-25(24,18-21)19-26)22-12-9-20(7-4-2)10-13-22/h20-24H,3-18H2,1-2H3/t20?,21-,22?,23?,24-,25-/m1/s1. The van der Waals surface area contributed by atoms with Crippen molar-refractivity contribution in [2.45, 2.75) is 117 Å². The fraction of sp³-hybridized carbons (Fsp3) is 0.960. The fourth-order valence-corrected chi connectivity index (χ4v) is 6.98. The molecule has 148 valence electrons. The van der Waals surface area contributed by atoms with E-state index in [1.54, 1.807) is 0 Å². The van der Waals surface area contributed by atoms with Crippen LogP contribution >= 0.6 is 0 Å². The summed E-state index contributed by atoms with van der Waals surface area (Å²) in [5.74, 6) is 4.53. The first-order valence-electron chi connectivity index (χ1n) is 12.1. The first kappa shape index (κ1) is 20.2. The van der Waals surface area contributed by atoms with Gasteiger partial charge in [0.2, 0.25) is 0 Å². The molecular weight excluding hydrogens is 314 g/mol. The summed E-state index contributed by atoms with van der Waals surface area (Å²) in [7, 11) is 0. The minimum absolute atomic E-state index is 0.0606. The van der Waals surface area contributed by atoms with Gasteiger partial charge in [-0.1, -0.05) is 71.6 Å². The minimum Gasteiger partial charge on any atom is -0.198 e. The largest absolute Gasteiger partial charge is 0.198 e. The third-order valence-corrected chi connectivity index (χ3v) is 8.60. The number of nitrogens with zero attached hydrogens (tertiary/aromatic N) is 1. The molecule has 0 amide bonds. The van der Waals surface area contributed by atoms with E-state index < -0.39 is 0 Å². The number of nitriles is 1. The maximum Gasteiger partial charge on any atom is 0.0692 e. The van der Waals surface area contributed by atoms with E-state index in [9.17, 15) is 5.26 Å². The molecule has 0 bridgehead atoms. The average Bonchev–Trinajstić information content (AvgIpc) is 2.68. The summed E-state index contributed by atoms with van der Waals surface area (Å²) in [5.41, 5.74) is 0.0606. The molecule has 0 spiro atoms. The van der Waals surface area contributed by atoms with Gasteiger partial charge in [-0.25, -0.2) is 0 Å². The number of unbranched alkanes of at least 4 members (excludes halogenated alkanes) is 2. The van der Waals surface area contributed by atoms with Crippen molar-refractivity contribution in [3.8, 4) is 6.07 Å². The van der Waals surface area contributed by atoms with Gasteiger partial charge in [-0.2, -0.15) is 5.26 Å². The Morgan fingerprint density at radius 2 is 1.58 bits per heavy atom. The molecule has 0 aromatic rings. The Kier molecular flexibility index (Phi) is 7.48. The van der Waals surface area contributed by atoms with Crippen molar-refractivity contribution < 1.29 is 0 Å². The van der Waals surface area contributed by atoms with Crippen LogP contribution in [0, 0.1) is 46.3 Å². The zero-order valence-corrected chi connectivity index (χ0v) is 17.6. The van der Waals surface area contributed by atoms with E-state index in [4.69, 9.17) is 0 Å². The van der Waals surface area contributed by atoms with Crippen molar-refractivity contribution in [3.05, 3.63) is 0 Å². The molecule has 0 aliphatic heterocycles. The van der Waals surface area contributed by atoms with Crippen LogP contribution in [0.2, 0.25) is 0 Å². The third kappa shape index (κ3) is 4.66. The summed E-state index contributed by atoms with van der Waals surface area (Å²) in [6, 6.07) is 2.89. The van der Waals surface area contributed by atoms with Crippen LogP contribution in [0.5, 0.6) is 0 Å². The molecule has 26 heavy (non-hydrogen) atoms. The summed E-state index contributed by atoms with van der Waals surface area (Å²) in [5, 5.41) is 10.1. The second kappa shape index (κ2) is 9.61. The Bertz CT molecular complexity index is 455. The van der Waals surface area contributed by atoms with Gasteiger partial charge >= 0.3 is 0 Å². The summed E-state index contributed by atoms with van der Waals surface area (Å²) in [6.07, 6.45) is 22.2. The molecule has 0 aromatic carbocycles. The van der Waals surface area contributed by atoms with Crippen molar-refractivity contribution >= 4 is 0 Å². The zero-order chi connectivity index (χ0) is 18.4. The molecule has 0 saturated heterocycles. The Morgan fingerprint density at radius 3 is 2.27 bits per heavy atom. The number of hydrogen-bond donors (Lipinski definition) is 0. The lowest BCUT2D eigenvalue weighted by atomic mass is 9.53. The lowest BCUT2D eigenvalue weighted by Gasteiger charge is -2.50. The van der Waals surface area contributed by atoms with Gasteiger partial charge in [-0.3, -0.25) is 0 Å². The average molecular weight is 358 g/mol. The third-order valence-electron chi connectivity index (χ3n) is 8.60. The van der Waals surface area contributed by atoms with Crippen LogP contribution in [0.25, 0.3) is 0 Å². The number of rotatable bonds is 7. The van der Waals surface area contributed by atoms with Crippen molar-refractivity contribution in [1.29, 1.82) is 5.26 Å². The van der Waals surface area contributed by atoms with E-state index in [1.165, 1.54) is 103 Å². The molecule has 4 atom stereocenters. The minimum atomic E-state index is 0.0606. The Hall–Kier alpha value is -0.510. The van der Waals surface area contributed by atoms with E-state index >= 15 is 0 Å². The van der Waals surface area contributed by atoms with Crippen LogP contribution in [0.3, 0.4) is 0 Å². The molecule has 3 fully saturated rings. The predicted molar refractivity (Wildman–Crippen MR) is 111 cm³/mol. The summed E-state index contributed by atoms with van der Waals surface area (Å²) < 4.78 is 0. The van der Waals surface area contributed by atoms with E-state index in [0.29, 0.717) is 0 Å². The first-order chi connectivity index (χ1) is 12.7. The van der Waals surface area contributed by atoms with Crippen molar-refractivity contribution in [1.82, 2.24) is 0 Å². The van der Waals surface area contributed by atoms with E-state index in [-0.39, 0.29) is 5.41 Å². The van der Waals surface area contributed by atoms with Gasteiger partial charge in [-0.05, 0) is 74.5 Å². The molecule has 0 radical (unpaired) electrons. The molecule has 3 aliphatic carbocycles. The second-order valence-electron chi connectivity index (χ2n) is 10.2. The van der Waals surface area contributed by atoms with Gasteiger partial charge in [0.05, 0.1) is 11.5 Å². The van der Waals surface area contributed by atoms with Crippen LogP contribution in [-0.2, 0) is 0 Å². The Labute approximate surface area is 163 Å². The molecule has 0 N–H and O–H groups in total. The molecule has 3 rings (SSSR count). The van der Waals surface area contributed by atoms with Crippen LogP contribution in [0.1, 0.15) is 117 Å². The highest BCUT2D eigenvalue weighted by Gasteiger charge is 2.48. The van der Waals surface area contributed by atoms with E-state index in [1.807, 2.05) is 0 Å². The van der Waals surface area contributed by atoms with Gasteiger partial charge in [0.25, 0.3) is 0 Å². The van der Waals surface area contributed by atoms with Crippen LogP contribution in [0.4, 0.5) is 0 Å². The predicted octanol–water partition coefficient (Wildman–Crippen LogP) is 7.90. The molecule has 3 aliphatic rings. The SMILES string of the molecule is CCCCC[C@@H]1CC[C@@H]2CC(C3CCC(CCC)CC3)CC[C@]2(C#N)C1. The zero-order valence-electron chi connectivity index (χ0n) is 17.6. The molecule has 1 nitrogen and oxygen atoms in total. The lowest BCUT2D eigenvalue weighted by molar-refractivity contribution is 0.0146. The summed E-state index contributed by atoms with van der Waals surface area (Å²) in [6.45, 7) is 4.64. The Morgan fingerprint density at radius 1 is 0.808 bits per heavy atom. The molecule has 0 aromatic heterocycles. The summed E-state index contributed by atoms with van der Waals surface area (Å²) >= 11 is 0. The van der Waals surface area contributed by atoms with Crippen molar-refractivity contribution in [3.63, 3.8) is 0 Å². The van der Waals surface area contributed by atoms with Gasteiger partial charge in [-0.15, -0.1) is 0 Å². The first-order valence-corrected chi connectivity index (χ1v) is 12.1. The van der Waals surface area contributed by atoms with Gasteiger partial charge in [0, 0.05) is 0 Å². The molecule has 3 saturated carbocycles. The lowest BCUT2D eigenvalue weighted by Crippen LogP contribution is -2.42. The van der Waals surface area contributed by atoms with Crippen molar-refractivity contribution in [2.75, 3.05) is 0 Å². The normalized spacial score (nSPS) is 40.6. The smallest absolute Gasteiger partial charge is 0.0692 e. The molecule has 0 heterocycles. The van der Waals surface area contributed by atoms with Gasteiger partial charge in [0.15, 0.2) is 0 Å². The number of hydrogen-bond acceptors (Lipinski definition) is 1. The Balaban J connectivity index is 1.52. The van der Waals surface area contributed by atoms with Crippen LogP contribution in [0.15, 0.2) is 0 Å². The van der Waals surface area contributed by atoms with E-state index in [0.717, 1.165) is 29.6 Å². The fourth-order valence-electron chi connectivity index (χ4n) is 6.98. The maximum atomic E-state index is 10.1. The highest BCUT2D eigenvalue weighted by molar-refractivity contribution is 5.09. The second-order valence-corrected chi connectivity index (χ2v) is 10.2.